The minimum absolute atomic E-state index is 0.0410. The summed E-state index contributed by atoms with van der Waals surface area (Å²) in [4.78, 5) is 23.9. The summed E-state index contributed by atoms with van der Waals surface area (Å²) in [7, 11) is 0. The Hall–Kier alpha value is -1.95. The lowest BCUT2D eigenvalue weighted by atomic mass is 9.86. The predicted octanol–water partition coefficient (Wildman–Crippen LogP) is 4.45. The fourth-order valence-electron chi connectivity index (χ4n) is 3.12. The third-order valence-corrected chi connectivity index (χ3v) is 4.87. The molecule has 0 spiro atoms. The van der Waals surface area contributed by atoms with Crippen molar-refractivity contribution in [2.75, 3.05) is 10.6 Å². The largest absolute Gasteiger partial charge is 0.332 e. The monoisotopic (exact) mass is 375 g/mol. The summed E-state index contributed by atoms with van der Waals surface area (Å²) in [6.45, 7) is 3.69. The molecule has 1 aliphatic carbocycles. The van der Waals surface area contributed by atoms with Crippen molar-refractivity contribution in [3.63, 3.8) is 0 Å². The van der Waals surface area contributed by atoms with Crippen LogP contribution >= 0.6 is 12.2 Å². The molecule has 6 heteroatoms. The topological polar surface area (TPSA) is 70.2 Å². The van der Waals surface area contributed by atoms with Gasteiger partial charge in [0.1, 0.15) is 0 Å². The van der Waals surface area contributed by atoms with E-state index in [0.717, 1.165) is 12.1 Å². The summed E-state index contributed by atoms with van der Waals surface area (Å²) < 4.78 is 0. The van der Waals surface area contributed by atoms with Gasteiger partial charge in [0, 0.05) is 23.7 Å². The van der Waals surface area contributed by atoms with E-state index in [2.05, 4.69) is 16.0 Å². The number of benzene rings is 1. The van der Waals surface area contributed by atoms with Gasteiger partial charge in [-0.25, -0.2) is 0 Å². The van der Waals surface area contributed by atoms with Crippen LogP contribution in [-0.4, -0.2) is 16.9 Å². The quantitative estimate of drug-likeness (QED) is 0.642. The second-order valence-electron chi connectivity index (χ2n) is 7.27. The van der Waals surface area contributed by atoms with Gasteiger partial charge in [0.05, 0.1) is 0 Å². The Morgan fingerprint density at radius 3 is 2.42 bits per heavy atom. The van der Waals surface area contributed by atoms with E-state index in [1.807, 2.05) is 32.0 Å². The maximum atomic E-state index is 12.1. The molecule has 1 fully saturated rings. The highest BCUT2D eigenvalue weighted by Crippen LogP contribution is 2.27. The second-order valence-corrected chi connectivity index (χ2v) is 7.68. The van der Waals surface area contributed by atoms with Crippen molar-refractivity contribution >= 4 is 40.5 Å². The third kappa shape index (κ3) is 7.12. The Labute approximate surface area is 161 Å². The van der Waals surface area contributed by atoms with Crippen molar-refractivity contribution in [2.45, 2.75) is 58.8 Å². The molecule has 0 saturated heterocycles. The lowest BCUT2D eigenvalue weighted by Crippen LogP contribution is -2.34. The molecule has 1 aliphatic rings. The van der Waals surface area contributed by atoms with E-state index in [1.54, 1.807) is 6.07 Å². The van der Waals surface area contributed by atoms with Crippen LogP contribution in [-0.2, 0) is 9.59 Å². The van der Waals surface area contributed by atoms with Crippen LogP contribution in [0.4, 0.5) is 11.4 Å². The highest BCUT2D eigenvalue weighted by Gasteiger charge is 2.15. The Kier molecular flexibility index (Phi) is 8.04. The van der Waals surface area contributed by atoms with Crippen LogP contribution in [0.25, 0.3) is 0 Å². The van der Waals surface area contributed by atoms with Crippen molar-refractivity contribution in [1.82, 2.24) is 5.32 Å². The zero-order valence-corrected chi connectivity index (χ0v) is 16.5. The molecule has 0 radical (unpaired) electrons. The predicted molar refractivity (Wildman–Crippen MR) is 110 cm³/mol. The highest BCUT2D eigenvalue weighted by atomic mass is 32.1. The molecular formula is C20H29N3O2S. The number of carbonyl (C=O) groups is 2. The highest BCUT2D eigenvalue weighted by molar-refractivity contribution is 7.80. The fourth-order valence-corrected chi connectivity index (χ4v) is 3.36. The SMILES string of the molecule is CC(C)C(=O)Nc1cccc(NC(=S)NC(=O)CCC2CCCCC2)c1. The van der Waals surface area contributed by atoms with Crippen molar-refractivity contribution in [3.05, 3.63) is 24.3 Å². The van der Waals surface area contributed by atoms with Crippen LogP contribution in [0.15, 0.2) is 24.3 Å². The smallest absolute Gasteiger partial charge is 0.226 e. The number of nitrogens with one attached hydrogen (secondary N) is 3. The van der Waals surface area contributed by atoms with E-state index < -0.39 is 0 Å². The van der Waals surface area contributed by atoms with E-state index in [-0.39, 0.29) is 22.8 Å². The summed E-state index contributed by atoms with van der Waals surface area (Å²) in [5, 5.41) is 8.87. The number of carbonyl (C=O) groups excluding carboxylic acids is 2. The maximum absolute atomic E-state index is 12.1. The van der Waals surface area contributed by atoms with Crippen LogP contribution in [0.5, 0.6) is 0 Å². The number of thiocarbonyl (C=S) groups is 1. The van der Waals surface area contributed by atoms with E-state index in [9.17, 15) is 9.59 Å². The molecule has 0 bridgehead atoms. The van der Waals surface area contributed by atoms with Crippen LogP contribution in [0.1, 0.15) is 58.8 Å². The van der Waals surface area contributed by atoms with Crippen molar-refractivity contribution < 1.29 is 9.59 Å². The van der Waals surface area contributed by atoms with Gasteiger partial charge in [-0.2, -0.15) is 0 Å². The van der Waals surface area contributed by atoms with Gasteiger partial charge in [-0.3, -0.25) is 9.59 Å². The molecule has 0 atom stereocenters. The first kappa shape index (κ1) is 20.4. The van der Waals surface area contributed by atoms with Crippen LogP contribution in [0.2, 0.25) is 0 Å². The number of hydrogen-bond acceptors (Lipinski definition) is 3. The van der Waals surface area contributed by atoms with E-state index >= 15 is 0 Å². The summed E-state index contributed by atoms with van der Waals surface area (Å²) in [6.07, 6.45) is 7.83. The number of rotatable bonds is 6. The fraction of sp³-hybridized carbons (Fsp3) is 0.550. The molecule has 1 aromatic rings. The average molecular weight is 376 g/mol. The second kappa shape index (κ2) is 10.3. The Morgan fingerprint density at radius 1 is 1.12 bits per heavy atom. The molecular weight excluding hydrogens is 346 g/mol. The van der Waals surface area contributed by atoms with Gasteiger partial charge in [-0.1, -0.05) is 52.0 Å². The molecule has 0 aliphatic heterocycles. The van der Waals surface area contributed by atoms with E-state index in [1.165, 1.54) is 32.1 Å². The Balaban J connectivity index is 1.77. The standard InChI is InChI=1S/C20H29N3O2S/c1-14(2)19(25)21-16-9-6-10-17(13-16)22-20(26)23-18(24)12-11-15-7-4-3-5-8-15/h6,9-10,13-15H,3-5,7-8,11-12H2,1-2H3,(H,21,25)(H2,22,23,24,26). The molecule has 2 amide bonds. The number of anilines is 2. The average Bonchev–Trinajstić information content (AvgIpc) is 2.61. The van der Waals surface area contributed by atoms with E-state index in [4.69, 9.17) is 12.2 Å². The molecule has 0 heterocycles. The first-order valence-corrected chi connectivity index (χ1v) is 9.86. The van der Waals surface area contributed by atoms with Gasteiger partial charge in [-0.15, -0.1) is 0 Å². The zero-order chi connectivity index (χ0) is 18.9. The van der Waals surface area contributed by atoms with Crippen molar-refractivity contribution in [2.24, 2.45) is 11.8 Å². The molecule has 0 unspecified atom stereocenters. The first-order valence-electron chi connectivity index (χ1n) is 9.46. The van der Waals surface area contributed by atoms with Gasteiger partial charge in [0.15, 0.2) is 5.11 Å². The summed E-state index contributed by atoms with van der Waals surface area (Å²) in [5.41, 5.74) is 1.42. The van der Waals surface area contributed by atoms with Crippen LogP contribution < -0.4 is 16.0 Å². The summed E-state index contributed by atoms with van der Waals surface area (Å²) in [6, 6.07) is 7.27. The first-order chi connectivity index (χ1) is 12.4. The summed E-state index contributed by atoms with van der Waals surface area (Å²) in [5.74, 6) is 0.506. The van der Waals surface area contributed by atoms with Gasteiger partial charge >= 0.3 is 0 Å². The molecule has 3 N–H and O–H groups in total. The molecule has 1 aromatic carbocycles. The van der Waals surface area contributed by atoms with E-state index in [0.29, 0.717) is 18.0 Å². The number of amides is 2. The van der Waals surface area contributed by atoms with Crippen LogP contribution in [0.3, 0.4) is 0 Å². The number of hydrogen-bond donors (Lipinski definition) is 3. The van der Waals surface area contributed by atoms with Gasteiger partial charge in [-0.05, 0) is 42.8 Å². The van der Waals surface area contributed by atoms with Gasteiger partial charge < -0.3 is 16.0 Å². The lowest BCUT2D eigenvalue weighted by molar-refractivity contribution is -0.120. The Bertz CT molecular complexity index is 640. The van der Waals surface area contributed by atoms with Gasteiger partial charge in [0.25, 0.3) is 0 Å². The molecule has 5 nitrogen and oxygen atoms in total. The Morgan fingerprint density at radius 2 is 1.77 bits per heavy atom. The molecule has 142 valence electrons. The third-order valence-electron chi connectivity index (χ3n) is 4.67. The minimum atomic E-state index is -0.0869. The zero-order valence-electron chi connectivity index (χ0n) is 15.6. The maximum Gasteiger partial charge on any atom is 0.226 e. The van der Waals surface area contributed by atoms with Crippen molar-refractivity contribution in [1.29, 1.82) is 0 Å². The molecule has 26 heavy (non-hydrogen) atoms. The molecule has 1 saturated carbocycles. The van der Waals surface area contributed by atoms with Crippen molar-refractivity contribution in [3.8, 4) is 0 Å². The summed E-state index contributed by atoms with van der Waals surface area (Å²) >= 11 is 5.23. The minimum Gasteiger partial charge on any atom is -0.332 e. The molecule has 0 aromatic heterocycles. The lowest BCUT2D eigenvalue weighted by Gasteiger charge is -2.21. The van der Waals surface area contributed by atoms with Crippen LogP contribution in [0, 0.1) is 11.8 Å². The normalized spacial score (nSPS) is 14.7. The molecule has 2 rings (SSSR count). The van der Waals surface area contributed by atoms with Gasteiger partial charge in [0.2, 0.25) is 11.8 Å².